The molecular formula is C33H51Br2ClN4Ni2O11+. The average Bonchev–Trinajstić information content (AvgIpc) is 3.01. The molecule has 6 N–H and O–H groups in total. The third-order valence-electron chi connectivity index (χ3n) is 6.73. The first-order chi connectivity index (χ1) is 22.9. The molecule has 0 saturated heterocycles. The molecule has 1 radical (unpaired) electrons. The first kappa shape index (κ1) is 61.0. The molecule has 0 aliphatic heterocycles. The van der Waals surface area contributed by atoms with Crippen molar-refractivity contribution in [3.8, 4) is 17.2 Å². The summed E-state index contributed by atoms with van der Waals surface area (Å²) in [5, 5.41) is 54.1. The molecule has 3 rings (SSSR count). The molecule has 0 heterocycles. The molecule has 0 unspecified atom stereocenters. The van der Waals surface area contributed by atoms with Gasteiger partial charge >= 0.3 is 33.0 Å². The Morgan fingerprint density at radius 2 is 0.887 bits per heavy atom. The Kier molecular flexibility index (Phi) is 36.8. The van der Waals surface area contributed by atoms with Gasteiger partial charge in [-0.05, 0) is 81.6 Å². The number of aliphatic hydroxyl groups excluding tert-OH is 1. The number of aryl methyl sites for hydroxylation is 1. The second-order valence-electron chi connectivity index (χ2n) is 11.3. The van der Waals surface area contributed by atoms with E-state index in [1.165, 1.54) is 0 Å². The van der Waals surface area contributed by atoms with E-state index >= 15 is 0 Å². The minimum atomic E-state index is -4.94. The molecule has 0 bridgehead atoms. The monoisotopic (exact) mass is 988 g/mol. The Bertz CT molecular complexity index is 1300. The van der Waals surface area contributed by atoms with Gasteiger partial charge in [-0.1, -0.05) is 67.4 Å². The number of likely N-dealkylation sites (N-methyl/N-ethyl adjacent to an activating group) is 2. The van der Waals surface area contributed by atoms with E-state index in [-0.39, 0.29) is 61.2 Å². The molecule has 0 aromatic heterocycles. The van der Waals surface area contributed by atoms with Crippen LogP contribution in [-0.4, -0.2) is 98.8 Å². The Morgan fingerprint density at radius 3 is 1.17 bits per heavy atom. The van der Waals surface area contributed by atoms with Gasteiger partial charge in [-0.3, -0.25) is 9.80 Å². The summed E-state index contributed by atoms with van der Waals surface area (Å²) >= 11 is 6.95. The van der Waals surface area contributed by atoms with E-state index < -0.39 is 10.2 Å². The van der Waals surface area contributed by atoms with E-state index in [1.54, 1.807) is 24.3 Å². The van der Waals surface area contributed by atoms with Crippen molar-refractivity contribution in [2.24, 2.45) is 0 Å². The van der Waals surface area contributed by atoms with Crippen molar-refractivity contribution in [2.45, 2.75) is 33.1 Å². The second kappa shape index (κ2) is 32.0. The van der Waals surface area contributed by atoms with Crippen LogP contribution in [0.3, 0.4) is 0 Å². The predicted octanol–water partition coefficient (Wildman–Crippen LogP) is -4.05. The van der Waals surface area contributed by atoms with Crippen LogP contribution in [0.15, 0.2) is 57.5 Å². The van der Waals surface area contributed by atoms with E-state index in [1.807, 2.05) is 59.4 Å². The fourth-order valence-corrected chi connectivity index (χ4v) is 5.40. The fraction of sp³-hybridized carbons (Fsp3) is 0.455. The van der Waals surface area contributed by atoms with Gasteiger partial charge in [0.15, 0.2) is 0 Å². The van der Waals surface area contributed by atoms with E-state index in [4.69, 9.17) is 28.8 Å². The average molecular weight is 992 g/mol. The summed E-state index contributed by atoms with van der Waals surface area (Å²) in [6.07, 6.45) is 0. The van der Waals surface area contributed by atoms with Crippen LogP contribution < -0.4 is 39.1 Å². The molecule has 3 aromatic carbocycles. The van der Waals surface area contributed by atoms with Gasteiger partial charge < -0.3 is 46.3 Å². The number of benzene rings is 3. The zero-order valence-corrected chi connectivity index (χ0v) is 36.5. The van der Waals surface area contributed by atoms with Gasteiger partial charge in [-0.25, -0.2) is 18.6 Å². The van der Waals surface area contributed by atoms with Crippen molar-refractivity contribution >= 4 is 31.9 Å². The summed E-state index contributed by atoms with van der Waals surface area (Å²) in [5.41, 5.74) is 3.85. The molecule has 0 aliphatic rings. The van der Waals surface area contributed by atoms with Crippen molar-refractivity contribution in [1.82, 2.24) is 19.6 Å². The predicted molar refractivity (Wildman–Crippen MR) is 186 cm³/mol. The number of halogens is 3. The number of hydrogen-bond acceptors (Lipinski definition) is 13. The van der Waals surface area contributed by atoms with Crippen LogP contribution in [0, 0.1) is 17.2 Å². The third kappa shape index (κ3) is 27.1. The summed E-state index contributed by atoms with van der Waals surface area (Å²) in [7, 11) is 4.87. The molecule has 0 fully saturated rings. The minimum Gasteiger partial charge on any atom is -0.872 e. The Hall–Kier alpha value is -1.18. The van der Waals surface area contributed by atoms with Crippen LogP contribution in [0.1, 0.15) is 27.8 Å². The normalized spacial score (nSPS) is 10.3. The smallest absolute Gasteiger partial charge is 0.872 e. The van der Waals surface area contributed by atoms with Gasteiger partial charge in [0.25, 0.3) is 0 Å². The molecule has 3 aromatic rings. The Morgan fingerprint density at radius 1 is 0.604 bits per heavy atom. The van der Waals surface area contributed by atoms with Crippen LogP contribution >= 0.6 is 31.9 Å². The first-order valence-electron chi connectivity index (χ1n) is 14.8. The molecule has 309 valence electrons. The molecule has 20 heteroatoms. The van der Waals surface area contributed by atoms with Crippen LogP contribution in [0.5, 0.6) is 17.2 Å². The topological polar surface area (TPSA) is 282 Å². The molecule has 15 nitrogen and oxygen atoms in total. The van der Waals surface area contributed by atoms with Gasteiger partial charge in [-0.15, -0.1) is 21.7 Å². The van der Waals surface area contributed by atoms with Crippen molar-refractivity contribution in [3.05, 3.63) is 85.3 Å². The van der Waals surface area contributed by atoms with Gasteiger partial charge in [0.05, 0.1) is 0 Å². The van der Waals surface area contributed by atoms with Gasteiger partial charge in [0, 0.05) is 68.4 Å². The van der Waals surface area contributed by atoms with Crippen molar-refractivity contribution < 1.29 is 98.3 Å². The molecule has 0 atom stereocenters. The van der Waals surface area contributed by atoms with Crippen LogP contribution in [0.2, 0.25) is 0 Å². The maximum absolute atomic E-state index is 13.8. The van der Waals surface area contributed by atoms with Crippen molar-refractivity contribution in [1.29, 1.82) is 0 Å². The van der Waals surface area contributed by atoms with Gasteiger partial charge in [0.2, 0.25) is 0 Å². The van der Waals surface area contributed by atoms with Gasteiger partial charge in [-0.2, -0.15) is 7.11 Å². The number of aliphatic hydroxyl groups is 1. The summed E-state index contributed by atoms with van der Waals surface area (Å²) in [6.45, 7) is 6.85. The first-order valence-corrected chi connectivity index (χ1v) is 17.6. The summed E-state index contributed by atoms with van der Waals surface area (Å²) < 4.78 is 35.7. The van der Waals surface area contributed by atoms with Crippen LogP contribution in [0.4, 0.5) is 0 Å². The zero-order valence-electron chi connectivity index (χ0n) is 30.6. The van der Waals surface area contributed by atoms with E-state index in [0.717, 1.165) is 52.9 Å². The minimum absolute atomic E-state index is 0. The molecular weight excluding hydrogens is 941 g/mol. The van der Waals surface area contributed by atoms with Crippen molar-refractivity contribution in [2.75, 3.05) is 68.6 Å². The Balaban J connectivity index is -0.000000537. The summed E-state index contributed by atoms with van der Waals surface area (Å²) in [5.74, 6) is 0.00259. The maximum atomic E-state index is 13.8. The second-order valence-corrected chi connectivity index (χ2v) is 13.9. The van der Waals surface area contributed by atoms with E-state index in [2.05, 4.69) is 51.5 Å². The third-order valence-corrected chi connectivity index (χ3v) is 7.72. The summed E-state index contributed by atoms with van der Waals surface area (Å²) in [6, 6.07) is 14.3. The molecule has 53 heavy (non-hydrogen) atoms. The van der Waals surface area contributed by atoms with E-state index in [0.29, 0.717) is 50.4 Å². The Labute approximate surface area is 351 Å². The van der Waals surface area contributed by atoms with Crippen molar-refractivity contribution in [3.63, 3.8) is 0 Å². The molecule has 0 spiro atoms. The van der Waals surface area contributed by atoms with Gasteiger partial charge in [0.1, 0.15) is 0 Å². The SMILES string of the molecule is CO.C[O-].Cc1cc(CN(CCN(C)C)Cc2cc(Br)ccc2[O-])c([O-])c(CN(CCN(C)C)Cc2cc(Br)ccc2[O-])c1.O.[Ni+2].[Ni+3].[O-][Cl+3]([O-])([O-])[O-].[OH3+]. The zero-order chi connectivity index (χ0) is 37.9. The van der Waals surface area contributed by atoms with Crippen LogP contribution in [0.25, 0.3) is 0 Å². The number of hydrogen-bond donors (Lipinski definition) is 1. The number of nitrogens with zero attached hydrogens (tertiary/aromatic N) is 4. The molecule has 0 amide bonds. The number of rotatable bonds is 14. The molecule has 0 aliphatic carbocycles. The fourth-order valence-electron chi connectivity index (χ4n) is 4.58. The standard InChI is InChI=1S/C31H42Br2N4O3.CH4O.CH3O.ClHO4.2Ni.2H2O/c1-22-14-25(20-36(12-10-34(2)3)18-23-16-27(32)6-8-29(23)38)31(40)26(15-22)21-37(13-11-35(4)5)19-24-17-28(33)7-9-30(24)39;2*1-2;2-1(3,4)5;;;;/h6-9,14-17,38-40H,10-13,18-21H2,1-5H3;2H,1H3;1H3;(H,2,3,4,5);;;2*1H2/q;;-1;;+2;+3;;/p-3. The summed E-state index contributed by atoms with van der Waals surface area (Å²) in [4.78, 5) is 8.53. The maximum Gasteiger partial charge on any atom is 3.00 e. The van der Waals surface area contributed by atoms with E-state index in [9.17, 15) is 15.3 Å². The quantitative estimate of drug-likeness (QED) is 0.119. The molecule has 0 saturated carbocycles. The largest absolute Gasteiger partial charge is 3.00 e. The van der Waals surface area contributed by atoms with Crippen LogP contribution in [-0.2, 0) is 64.6 Å².